The Morgan fingerprint density at radius 1 is 1.04 bits per heavy atom. The second-order valence-electron chi connectivity index (χ2n) is 7.66. The lowest BCUT2D eigenvalue weighted by molar-refractivity contribution is 0.253. The van der Waals surface area contributed by atoms with Crippen LogP contribution in [0.25, 0.3) is 0 Å². The van der Waals surface area contributed by atoms with Crippen LogP contribution in [0.2, 0.25) is 0 Å². The zero-order valence-corrected chi connectivity index (χ0v) is 16.9. The molecule has 1 aliphatic rings. The number of likely N-dealkylation sites (tertiary alicyclic amines) is 1. The number of ether oxygens (including phenoxy) is 2. The average Bonchev–Trinajstić information content (AvgIpc) is 3.10. The van der Waals surface area contributed by atoms with Crippen molar-refractivity contribution in [2.75, 3.05) is 33.4 Å². The number of methoxy groups -OCH3 is 1. The molecule has 28 heavy (non-hydrogen) atoms. The van der Waals surface area contributed by atoms with Gasteiger partial charge in [-0.25, -0.2) is 0 Å². The third-order valence-electron chi connectivity index (χ3n) is 5.77. The lowest BCUT2D eigenvalue weighted by Crippen LogP contribution is -2.31. The van der Waals surface area contributed by atoms with E-state index in [4.69, 9.17) is 15.2 Å². The van der Waals surface area contributed by atoms with Gasteiger partial charge in [0.15, 0.2) is 0 Å². The summed E-state index contributed by atoms with van der Waals surface area (Å²) in [6.07, 6.45) is 2.23. The van der Waals surface area contributed by atoms with Crippen molar-refractivity contribution in [3.05, 3.63) is 54.1 Å². The van der Waals surface area contributed by atoms with E-state index in [-0.39, 0.29) is 11.8 Å². The standard InChI is InChI=1S/C23H32N2O3/c1-3-17-14-25(16-23(24)18-4-6-20(26)7-5-18)15-19(17)12-13-28-22-10-8-21(27-2)9-11-22/h4-11,17,19,23,26H,3,12-16,24H2,1-2H3. The summed E-state index contributed by atoms with van der Waals surface area (Å²) < 4.78 is 11.1. The number of nitrogens with two attached hydrogens (primary N) is 1. The molecule has 2 aromatic rings. The van der Waals surface area contributed by atoms with Crippen molar-refractivity contribution in [2.45, 2.75) is 25.8 Å². The van der Waals surface area contributed by atoms with Gasteiger partial charge < -0.3 is 25.2 Å². The Morgan fingerprint density at radius 3 is 2.32 bits per heavy atom. The second kappa shape index (κ2) is 9.80. The van der Waals surface area contributed by atoms with Crippen molar-refractivity contribution >= 4 is 0 Å². The average molecular weight is 385 g/mol. The largest absolute Gasteiger partial charge is 0.508 e. The molecule has 0 spiro atoms. The van der Waals surface area contributed by atoms with Crippen molar-refractivity contribution in [3.63, 3.8) is 0 Å². The molecule has 1 heterocycles. The summed E-state index contributed by atoms with van der Waals surface area (Å²) in [5.74, 6) is 3.33. The highest BCUT2D eigenvalue weighted by Gasteiger charge is 2.32. The molecule has 0 aromatic heterocycles. The highest BCUT2D eigenvalue weighted by atomic mass is 16.5. The Bertz CT molecular complexity index is 718. The van der Waals surface area contributed by atoms with Gasteiger partial charge in [-0.3, -0.25) is 0 Å². The molecule has 0 bridgehead atoms. The molecule has 0 saturated carbocycles. The van der Waals surface area contributed by atoms with E-state index >= 15 is 0 Å². The fourth-order valence-corrected chi connectivity index (χ4v) is 4.08. The molecular formula is C23H32N2O3. The van der Waals surface area contributed by atoms with Gasteiger partial charge in [-0.15, -0.1) is 0 Å². The van der Waals surface area contributed by atoms with Gasteiger partial charge >= 0.3 is 0 Å². The Balaban J connectivity index is 1.47. The van der Waals surface area contributed by atoms with Gasteiger partial charge in [0.1, 0.15) is 17.2 Å². The van der Waals surface area contributed by atoms with Crippen LogP contribution in [0.1, 0.15) is 31.4 Å². The first kappa shape index (κ1) is 20.5. The summed E-state index contributed by atoms with van der Waals surface area (Å²) in [6, 6.07) is 14.9. The van der Waals surface area contributed by atoms with Crippen LogP contribution in [0, 0.1) is 11.8 Å². The SMILES string of the molecule is CCC1CN(CC(N)c2ccc(O)cc2)CC1CCOc1ccc(OC)cc1. The van der Waals surface area contributed by atoms with E-state index in [1.807, 2.05) is 36.4 Å². The summed E-state index contributed by atoms with van der Waals surface area (Å²) in [4.78, 5) is 2.48. The van der Waals surface area contributed by atoms with Crippen molar-refractivity contribution in [2.24, 2.45) is 17.6 Å². The molecule has 3 N–H and O–H groups in total. The van der Waals surface area contributed by atoms with Crippen LogP contribution in [0.5, 0.6) is 17.2 Å². The minimum absolute atomic E-state index is 0.0348. The number of hydrogen-bond acceptors (Lipinski definition) is 5. The minimum Gasteiger partial charge on any atom is -0.508 e. The molecule has 5 nitrogen and oxygen atoms in total. The Morgan fingerprint density at radius 2 is 1.68 bits per heavy atom. The molecule has 0 aliphatic carbocycles. The number of nitrogens with zero attached hydrogens (tertiary/aromatic N) is 1. The Kier molecular flexibility index (Phi) is 7.18. The fraction of sp³-hybridized carbons (Fsp3) is 0.478. The monoisotopic (exact) mass is 384 g/mol. The predicted octanol–water partition coefficient (Wildman–Crippen LogP) is 3.83. The normalized spacial score (nSPS) is 20.8. The zero-order valence-electron chi connectivity index (χ0n) is 16.9. The van der Waals surface area contributed by atoms with Crippen LogP contribution >= 0.6 is 0 Å². The molecule has 3 unspecified atom stereocenters. The maximum atomic E-state index is 9.45. The van der Waals surface area contributed by atoms with Crippen LogP contribution in [0.4, 0.5) is 0 Å². The van der Waals surface area contributed by atoms with Crippen LogP contribution < -0.4 is 15.2 Å². The van der Waals surface area contributed by atoms with Crippen LogP contribution in [-0.4, -0.2) is 43.4 Å². The predicted molar refractivity (Wildman–Crippen MR) is 112 cm³/mol. The number of phenolic OH excluding ortho intramolecular Hbond substituents is 1. The highest BCUT2D eigenvalue weighted by molar-refractivity contribution is 5.31. The molecule has 0 amide bonds. The smallest absolute Gasteiger partial charge is 0.119 e. The van der Waals surface area contributed by atoms with E-state index < -0.39 is 0 Å². The molecule has 0 radical (unpaired) electrons. The maximum absolute atomic E-state index is 9.45. The van der Waals surface area contributed by atoms with E-state index in [2.05, 4.69) is 11.8 Å². The first-order chi connectivity index (χ1) is 13.6. The Labute approximate surface area is 168 Å². The van der Waals surface area contributed by atoms with Gasteiger partial charge in [0, 0.05) is 25.7 Å². The zero-order chi connectivity index (χ0) is 19.9. The lowest BCUT2D eigenvalue weighted by Gasteiger charge is -2.21. The highest BCUT2D eigenvalue weighted by Crippen LogP contribution is 2.30. The minimum atomic E-state index is -0.0348. The van der Waals surface area contributed by atoms with Gasteiger partial charge in [0.05, 0.1) is 13.7 Å². The van der Waals surface area contributed by atoms with Crippen LogP contribution in [0.3, 0.4) is 0 Å². The van der Waals surface area contributed by atoms with Crippen molar-refractivity contribution in [1.82, 2.24) is 4.90 Å². The molecule has 1 aliphatic heterocycles. The molecular weight excluding hydrogens is 352 g/mol. The second-order valence-corrected chi connectivity index (χ2v) is 7.66. The van der Waals surface area contributed by atoms with Gasteiger partial charge in [0.25, 0.3) is 0 Å². The Hall–Kier alpha value is -2.24. The van der Waals surface area contributed by atoms with Gasteiger partial charge in [-0.2, -0.15) is 0 Å². The molecule has 152 valence electrons. The van der Waals surface area contributed by atoms with Crippen LogP contribution in [-0.2, 0) is 0 Å². The quantitative estimate of drug-likeness (QED) is 0.688. The van der Waals surface area contributed by atoms with Crippen molar-refractivity contribution < 1.29 is 14.6 Å². The van der Waals surface area contributed by atoms with E-state index in [1.54, 1.807) is 19.2 Å². The number of hydrogen-bond donors (Lipinski definition) is 2. The van der Waals surface area contributed by atoms with Crippen molar-refractivity contribution in [3.8, 4) is 17.2 Å². The first-order valence-corrected chi connectivity index (χ1v) is 10.1. The first-order valence-electron chi connectivity index (χ1n) is 10.1. The maximum Gasteiger partial charge on any atom is 0.119 e. The molecule has 2 aromatic carbocycles. The molecule has 1 fully saturated rings. The summed E-state index contributed by atoms with van der Waals surface area (Å²) in [6.45, 7) is 6.00. The topological polar surface area (TPSA) is 68.0 Å². The number of phenols is 1. The van der Waals surface area contributed by atoms with E-state index in [0.717, 1.165) is 49.7 Å². The summed E-state index contributed by atoms with van der Waals surface area (Å²) >= 11 is 0. The summed E-state index contributed by atoms with van der Waals surface area (Å²) in [5.41, 5.74) is 7.47. The van der Waals surface area contributed by atoms with Gasteiger partial charge in [-0.1, -0.05) is 25.5 Å². The summed E-state index contributed by atoms with van der Waals surface area (Å²) in [7, 11) is 1.67. The fourth-order valence-electron chi connectivity index (χ4n) is 4.08. The number of aromatic hydroxyl groups is 1. The van der Waals surface area contributed by atoms with E-state index in [1.165, 1.54) is 6.42 Å². The van der Waals surface area contributed by atoms with E-state index in [0.29, 0.717) is 11.8 Å². The molecule has 1 saturated heterocycles. The summed E-state index contributed by atoms with van der Waals surface area (Å²) in [5, 5.41) is 9.45. The molecule has 5 heteroatoms. The van der Waals surface area contributed by atoms with Gasteiger partial charge in [-0.05, 0) is 60.2 Å². The third kappa shape index (κ3) is 5.40. The number of benzene rings is 2. The van der Waals surface area contributed by atoms with Crippen LogP contribution in [0.15, 0.2) is 48.5 Å². The molecule has 3 atom stereocenters. The molecule has 3 rings (SSSR count). The van der Waals surface area contributed by atoms with Crippen molar-refractivity contribution in [1.29, 1.82) is 0 Å². The third-order valence-corrected chi connectivity index (χ3v) is 5.77. The van der Waals surface area contributed by atoms with Gasteiger partial charge in [0.2, 0.25) is 0 Å². The van der Waals surface area contributed by atoms with E-state index in [9.17, 15) is 5.11 Å². The lowest BCUT2D eigenvalue weighted by atomic mass is 9.91. The number of rotatable bonds is 9.